The van der Waals surface area contributed by atoms with Crippen molar-refractivity contribution in [1.82, 2.24) is 4.98 Å². The van der Waals surface area contributed by atoms with Crippen LogP contribution in [0.5, 0.6) is 0 Å². The maximum Gasteiger partial charge on any atom is 0.184 e. The van der Waals surface area contributed by atoms with Gasteiger partial charge in [-0.25, -0.2) is 4.98 Å². The molecule has 0 radical (unpaired) electrons. The van der Waals surface area contributed by atoms with Crippen molar-refractivity contribution < 1.29 is 24.1 Å². The first-order valence-corrected chi connectivity index (χ1v) is 10.9. The Morgan fingerprint density at radius 2 is 1.33 bits per heavy atom. The lowest BCUT2D eigenvalue weighted by atomic mass is 9.93. The summed E-state index contributed by atoms with van der Waals surface area (Å²) in [4.78, 5) is 4.18. The number of nitrogens with zero attached hydrogens (tertiary/aromatic N) is 2. The SMILES string of the molecule is N#Cc1ncccc1CC1OC(c2ccccc2)OC2C(CO)OC(c3ccccc3)OC12. The molecule has 2 fully saturated rings. The lowest BCUT2D eigenvalue weighted by Crippen LogP contribution is -2.59. The summed E-state index contributed by atoms with van der Waals surface area (Å²) in [5.41, 5.74) is 2.82. The van der Waals surface area contributed by atoms with Gasteiger partial charge in [0, 0.05) is 23.7 Å². The van der Waals surface area contributed by atoms with E-state index in [4.69, 9.17) is 18.9 Å². The third kappa shape index (κ3) is 4.53. The molecule has 3 aromatic rings. The lowest BCUT2D eigenvalue weighted by Gasteiger charge is -2.49. The Labute approximate surface area is 192 Å². The second-order valence-corrected chi connectivity index (χ2v) is 8.05. The Hall–Kier alpha value is -3.12. The van der Waals surface area contributed by atoms with E-state index in [1.54, 1.807) is 12.3 Å². The van der Waals surface area contributed by atoms with Crippen LogP contribution in [-0.2, 0) is 25.4 Å². The van der Waals surface area contributed by atoms with Crippen molar-refractivity contribution in [2.24, 2.45) is 0 Å². The highest BCUT2D eigenvalue weighted by molar-refractivity contribution is 5.31. The summed E-state index contributed by atoms with van der Waals surface area (Å²) in [6.07, 6.45) is -1.45. The van der Waals surface area contributed by atoms with Gasteiger partial charge in [0.15, 0.2) is 12.6 Å². The fourth-order valence-corrected chi connectivity index (χ4v) is 4.34. The summed E-state index contributed by atoms with van der Waals surface area (Å²) in [5.74, 6) is 0. The number of aromatic nitrogens is 1. The zero-order chi connectivity index (χ0) is 22.6. The Balaban J connectivity index is 1.49. The summed E-state index contributed by atoms with van der Waals surface area (Å²) in [6, 6.07) is 25.0. The molecule has 0 spiro atoms. The van der Waals surface area contributed by atoms with Gasteiger partial charge in [-0.2, -0.15) is 5.26 Å². The first-order chi connectivity index (χ1) is 16.3. The molecule has 2 aliphatic rings. The van der Waals surface area contributed by atoms with Gasteiger partial charge in [0.25, 0.3) is 0 Å². The van der Waals surface area contributed by atoms with Crippen LogP contribution in [0.25, 0.3) is 0 Å². The number of nitriles is 1. The Bertz CT molecular complexity index is 1100. The second kappa shape index (κ2) is 9.79. The highest BCUT2D eigenvalue weighted by atomic mass is 16.8. The van der Waals surface area contributed by atoms with Crippen LogP contribution in [0.4, 0.5) is 0 Å². The van der Waals surface area contributed by atoms with Crippen molar-refractivity contribution in [3.05, 3.63) is 101 Å². The molecule has 33 heavy (non-hydrogen) atoms. The summed E-state index contributed by atoms with van der Waals surface area (Å²) in [6.45, 7) is -0.224. The molecule has 1 N–H and O–H groups in total. The molecular weight excluding hydrogens is 420 g/mol. The van der Waals surface area contributed by atoms with Gasteiger partial charge in [-0.05, 0) is 11.6 Å². The fourth-order valence-electron chi connectivity index (χ4n) is 4.34. The fraction of sp³-hybridized carbons (Fsp3) is 0.308. The molecule has 2 aromatic carbocycles. The monoisotopic (exact) mass is 444 g/mol. The number of ether oxygens (including phenoxy) is 4. The topological polar surface area (TPSA) is 93.8 Å². The minimum absolute atomic E-state index is 0.224. The molecular formula is C26H24N2O5. The number of aliphatic hydroxyl groups excluding tert-OH is 1. The quantitative estimate of drug-likeness (QED) is 0.644. The van der Waals surface area contributed by atoms with E-state index in [9.17, 15) is 10.4 Å². The molecule has 0 saturated carbocycles. The molecule has 6 atom stereocenters. The molecule has 0 amide bonds. The van der Waals surface area contributed by atoms with E-state index in [1.165, 1.54) is 0 Å². The largest absolute Gasteiger partial charge is 0.394 e. The van der Waals surface area contributed by atoms with E-state index in [2.05, 4.69) is 11.1 Å². The highest BCUT2D eigenvalue weighted by Crippen LogP contribution is 2.41. The van der Waals surface area contributed by atoms with Gasteiger partial charge in [-0.15, -0.1) is 0 Å². The molecule has 6 unspecified atom stereocenters. The third-order valence-electron chi connectivity index (χ3n) is 5.96. The summed E-state index contributed by atoms with van der Waals surface area (Å²) < 4.78 is 25.1. The molecule has 2 saturated heterocycles. The van der Waals surface area contributed by atoms with Crippen molar-refractivity contribution in [3.63, 3.8) is 0 Å². The van der Waals surface area contributed by atoms with E-state index in [-0.39, 0.29) is 6.61 Å². The van der Waals surface area contributed by atoms with Gasteiger partial charge in [0.1, 0.15) is 30.1 Å². The van der Waals surface area contributed by atoms with Gasteiger partial charge >= 0.3 is 0 Å². The van der Waals surface area contributed by atoms with Crippen LogP contribution in [0.2, 0.25) is 0 Å². The highest BCUT2D eigenvalue weighted by Gasteiger charge is 2.50. The Morgan fingerprint density at radius 3 is 1.91 bits per heavy atom. The number of fused-ring (bicyclic) bond motifs is 1. The summed E-state index contributed by atoms with van der Waals surface area (Å²) >= 11 is 0. The minimum Gasteiger partial charge on any atom is -0.394 e. The molecule has 2 aliphatic heterocycles. The first-order valence-electron chi connectivity index (χ1n) is 10.9. The maximum absolute atomic E-state index is 10.2. The van der Waals surface area contributed by atoms with Crippen LogP contribution < -0.4 is 0 Å². The molecule has 0 aliphatic carbocycles. The van der Waals surface area contributed by atoms with Crippen LogP contribution in [0.15, 0.2) is 79.0 Å². The van der Waals surface area contributed by atoms with Gasteiger partial charge in [-0.3, -0.25) is 0 Å². The van der Waals surface area contributed by atoms with E-state index in [1.807, 2.05) is 66.7 Å². The van der Waals surface area contributed by atoms with Crippen LogP contribution in [0.3, 0.4) is 0 Å². The number of benzene rings is 2. The van der Waals surface area contributed by atoms with Gasteiger partial charge in [0.2, 0.25) is 0 Å². The molecule has 1 aromatic heterocycles. The van der Waals surface area contributed by atoms with Crippen LogP contribution in [0.1, 0.15) is 35.0 Å². The van der Waals surface area contributed by atoms with Crippen LogP contribution >= 0.6 is 0 Å². The average molecular weight is 444 g/mol. The van der Waals surface area contributed by atoms with Crippen molar-refractivity contribution in [2.75, 3.05) is 6.61 Å². The minimum atomic E-state index is -0.670. The molecule has 3 heterocycles. The van der Waals surface area contributed by atoms with Crippen molar-refractivity contribution >= 4 is 0 Å². The molecule has 0 bridgehead atoms. The van der Waals surface area contributed by atoms with Gasteiger partial charge in [0.05, 0.1) is 12.7 Å². The number of hydrogen-bond donors (Lipinski definition) is 1. The second-order valence-electron chi connectivity index (χ2n) is 8.05. The van der Waals surface area contributed by atoms with E-state index >= 15 is 0 Å². The maximum atomic E-state index is 10.2. The average Bonchev–Trinajstić information content (AvgIpc) is 2.89. The molecule has 168 valence electrons. The number of hydrogen-bond acceptors (Lipinski definition) is 7. The lowest BCUT2D eigenvalue weighted by molar-refractivity contribution is -0.384. The Kier molecular flexibility index (Phi) is 6.44. The zero-order valence-corrected chi connectivity index (χ0v) is 17.9. The van der Waals surface area contributed by atoms with Crippen LogP contribution in [0, 0.1) is 11.3 Å². The summed E-state index contributed by atoms with van der Waals surface area (Å²) in [5, 5.41) is 19.7. The van der Waals surface area contributed by atoms with Gasteiger partial charge < -0.3 is 24.1 Å². The smallest absolute Gasteiger partial charge is 0.184 e. The predicted octanol–water partition coefficient (Wildman–Crippen LogP) is 3.45. The van der Waals surface area contributed by atoms with Crippen molar-refractivity contribution in [3.8, 4) is 6.07 Å². The standard InChI is InChI=1S/C26H24N2O5/c27-15-20-19(12-7-13-28-20)14-21-23-24(33-25(30-21)17-8-3-1-4-9-17)22(16-29)31-26(32-23)18-10-5-2-6-11-18/h1-13,21-26,29H,14,16H2. The summed E-state index contributed by atoms with van der Waals surface area (Å²) in [7, 11) is 0. The number of aliphatic hydroxyl groups is 1. The zero-order valence-electron chi connectivity index (χ0n) is 17.9. The van der Waals surface area contributed by atoms with E-state index in [0.717, 1.165) is 16.7 Å². The molecule has 5 rings (SSSR count). The molecule has 7 heteroatoms. The van der Waals surface area contributed by atoms with Crippen LogP contribution in [-0.4, -0.2) is 41.1 Å². The third-order valence-corrected chi connectivity index (χ3v) is 5.96. The Morgan fingerprint density at radius 1 is 0.758 bits per heavy atom. The van der Waals surface area contributed by atoms with Crippen molar-refractivity contribution in [2.45, 2.75) is 43.4 Å². The first kappa shape index (κ1) is 21.7. The normalized spacial score (nSPS) is 29.1. The predicted molar refractivity (Wildman–Crippen MR) is 118 cm³/mol. The van der Waals surface area contributed by atoms with E-state index in [0.29, 0.717) is 12.1 Å². The van der Waals surface area contributed by atoms with Crippen molar-refractivity contribution in [1.29, 1.82) is 5.26 Å². The number of pyridine rings is 1. The number of rotatable bonds is 5. The molecule has 7 nitrogen and oxygen atoms in total. The van der Waals surface area contributed by atoms with Gasteiger partial charge in [-0.1, -0.05) is 66.7 Å². The van der Waals surface area contributed by atoms with E-state index < -0.39 is 37.0 Å².